The first-order valence-electron chi connectivity index (χ1n) is 5.54. The molecule has 2 heterocycles. The van der Waals surface area contributed by atoms with Gasteiger partial charge in [0.15, 0.2) is 5.82 Å². The van der Waals surface area contributed by atoms with E-state index in [2.05, 4.69) is 4.37 Å². The van der Waals surface area contributed by atoms with Gasteiger partial charge in [0.1, 0.15) is 5.00 Å². The molecule has 1 saturated heterocycles. The number of piperidine rings is 1. The number of hydrogen-bond acceptors (Lipinski definition) is 5. The molecule has 0 radical (unpaired) electrons. The van der Waals surface area contributed by atoms with Gasteiger partial charge in [-0.25, -0.2) is 0 Å². The minimum atomic E-state index is -4.12. The zero-order valence-corrected chi connectivity index (χ0v) is 11.5. The first kappa shape index (κ1) is 13.8. The Morgan fingerprint density at radius 3 is 2.83 bits per heavy atom. The maximum Gasteiger partial charge on any atom is 0.393 e. The van der Waals surface area contributed by atoms with E-state index in [0.717, 1.165) is 9.90 Å². The fourth-order valence-corrected chi connectivity index (χ4v) is 3.83. The third-order valence-electron chi connectivity index (χ3n) is 3.03. The lowest BCUT2D eigenvalue weighted by molar-refractivity contribution is -0.175. The maximum atomic E-state index is 12.7. The highest BCUT2D eigenvalue weighted by Crippen LogP contribution is 2.41. The van der Waals surface area contributed by atoms with E-state index in [1.54, 1.807) is 4.90 Å². The van der Waals surface area contributed by atoms with Crippen LogP contribution in [-0.4, -0.2) is 29.9 Å². The standard InChI is InChI=1S/C10H14F3N3S2/c1-17-7-8(14)15-18-9(7)16-4-2-3-6(5-16)10(11,12)13/h6H,2-5H2,1H3,(H2,14,15). The van der Waals surface area contributed by atoms with Crippen LogP contribution in [0.15, 0.2) is 4.90 Å². The molecule has 8 heteroatoms. The molecule has 3 nitrogen and oxygen atoms in total. The molecule has 1 fully saturated rings. The summed E-state index contributed by atoms with van der Waals surface area (Å²) in [6, 6.07) is 0. The van der Waals surface area contributed by atoms with Crippen LogP contribution in [0.1, 0.15) is 12.8 Å². The number of thioether (sulfide) groups is 1. The number of nitrogen functional groups attached to an aromatic ring is 1. The molecule has 0 bridgehead atoms. The van der Waals surface area contributed by atoms with Gasteiger partial charge in [-0.3, -0.25) is 0 Å². The Morgan fingerprint density at radius 1 is 1.50 bits per heavy atom. The van der Waals surface area contributed by atoms with Crippen molar-refractivity contribution in [2.45, 2.75) is 23.9 Å². The fourth-order valence-electron chi connectivity index (χ4n) is 2.11. The van der Waals surface area contributed by atoms with Gasteiger partial charge in [-0.05, 0) is 30.6 Å². The highest BCUT2D eigenvalue weighted by atomic mass is 32.2. The van der Waals surface area contributed by atoms with Gasteiger partial charge in [0.2, 0.25) is 0 Å². The van der Waals surface area contributed by atoms with Crippen LogP contribution >= 0.6 is 23.3 Å². The first-order chi connectivity index (χ1) is 8.43. The van der Waals surface area contributed by atoms with Crippen LogP contribution in [0, 0.1) is 5.92 Å². The molecule has 2 N–H and O–H groups in total. The zero-order valence-electron chi connectivity index (χ0n) is 9.83. The molecule has 0 aliphatic carbocycles. The van der Waals surface area contributed by atoms with E-state index < -0.39 is 12.1 Å². The number of aromatic nitrogens is 1. The molecule has 2 rings (SSSR count). The minimum Gasteiger partial charge on any atom is -0.382 e. The van der Waals surface area contributed by atoms with Crippen molar-refractivity contribution in [1.29, 1.82) is 0 Å². The van der Waals surface area contributed by atoms with Gasteiger partial charge in [0.05, 0.1) is 10.8 Å². The van der Waals surface area contributed by atoms with E-state index >= 15 is 0 Å². The van der Waals surface area contributed by atoms with E-state index in [1.165, 1.54) is 23.3 Å². The summed E-state index contributed by atoms with van der Waals surface area (Å²) in [5, 5.41) is 0.772. The van der Waals surface area contributed by atoms with E-state index in [0.29, 0.717) is 18.8 Å². The van der Waals surface area contributed by atoms with Gasteiger partial charge in [0.25, 0.3) is 0 Å². The number of halogens is 3. The Bertz CT molecular complexity index is 419. The number of rotatable bonds is 2. The predicted octanol–water partition coefficient (Wildman–Crippen LogP) is 3.23. The number of nitrogens with zero attached hydrogens (tertiary/aromatic N) is 2. The largest absolute Gasteiger partial charge is 0.393 e. The number of hydrogen-bond donors (Lipinski definition) is 1. The van der Waals surface area contributed by atoms with Crippen molar-refractivity contribution in [3.63, 3.8) is 0 Å². The average Bonchev–Trinajstić information content (AvgIpc) is 2.69. The molecular formula is C10H14F3N3S2. The summed E-state index contributed by atoms with van der Waals surface area (Å²) < 4.78 is 42.3. The Morgan fingerprint density at radius 2 is 2.22 bits per heavy atom. The van der Waals surface area contributed by atoms with Crippen molar-refractivity contribution < 1.29 is 13.2 Å². The molecular weight excluding hydrogens is 283 g/mol. The zero-order chi connectivity index (χ0) is 13.3. The Labute approximate surface area is 112 Å². The molecule has 0 aromatic carbocycles. The summed E-state index contributed by atoms with van der Waals surface area (Å²) in [5.74, 6) is -0.832. The summed E-state index contributed by atoms with van der Waals surface area (Å²) in [6.07, 6.45) is -1.50. The number of alkyl halides is 3. The van der Waals surface area contributed by atoms with Crippen LogP contribution < -0.4 is 10.6 Å². The van der Waals surface area contributed by atoms with E-state index in [1.807, 2.05) is 6.26 Å². The van der Waals surface area contributed by atoms with Gasteiger partial charge >= 0.3 is 6.18 Å². The van der Waals surface area contributed by atoms with Crippen LogP contribution in [0.4, 0.5) is 24.0 Å². The summed E-state index contributed by atoms with van der Waals surface area (Å²) in [7, 11) is 0. The Hall–Kier alpha value is -0.630. The van der Waals surface area contributed by atoms with Gasteiger partial charge in [-0.2, -0.15) is 17.5 Å². The average molecular weight is 297 g/mol. The van der Waals surface area contributed by atoms with Crippen molar-refractivity contribution in [1.82, 2.24) is 4.37 Å². The van der Waals surface area contributed by atoms with Crippen LogP contribution in [0.5, 0.6) is 0 Å². The molecule has 1 aliphatic heterocycles. The second-order valence-corrected chi connectivity index (χ2v) is 5.80. The van der Waals surface area contributed by atoms with Crippen molar-refractivity contribution in [3.05, 3.63) is 0 Å². The lowest BCUT2D eigenvalue weighted by atomic mass is 9.98. The minimum absolute atomic E-state index is 0.0126. The third-order valence-corrected chi connectivity index (χ3v) is 4.90. The Kier molecular flexibility index (Phi) is 3.96. The van der Waals surface area contributed by atoms with Gasteiger partial charge in [-0.1, -0.05) is 0 Å². The third kappa shape index (κ3) is 2.69. The highest BCUT2D eigenvalue weighted by Gasteiger charge is 2.42. The predicted molar refractivity (Wildman–Crippen MR) is 69.3 cm³/mol. The van der Waals surface area contributed by atoms with Gasteiger partial charge in [0, 0.05) is 13.1 Å². The highest BCUT2D eigenvalue weighted by molar-refractivity contribution is 7.99. The summed E-state index contributed by atoms with van der Waals surface area (Å²) in [5.41, 5.74) is 5.71. The van der Waals surface area contributed by atoms with Crippen molar-refractivity contribution >= 4 is 34.1 Å². The molecule has 1 aliphatic rings. The first-order valence-corrected chi connectivity index (χ1v) is 7.54. The lowest BCUT2D eigenvalue weighted by Gasteiger charge is -2.34. The van der Waals surface area contributed by atoms with Crippen molar-refractivity contribution in [2.24, 2.45) is 5.92 Å². The van der Waals surface area contributed by atoms with Crippen molar-refractivity contribution in [2.75, 3.05) is 30.0 Å². The second kappa shape index (κ2) is 5.16. The normalized spacial score (nSPS) is 21.3. The topological polar surface area (TPSA) is 42.1 Å². The summed E-state index contributed by atoms with van der Waals surface area (Å²) >= 11 is 2.61. The van der Waals surface area contributed by atoms with Crippen LogP contribution in [0.3, 0.4) is 0 Å². The molecule has 0 amide bonds. The van der Waals surface area contributed by atoms with Crippen molar-refractivity contribution in [3.8, 4) is 0 Å². The monoisotopic (exact) mass is 297 g/mol. The smallest absolute Gasteiger partial charge is 0.382 e. The quantitative estimate of drug-likeness (QED) is 0.851. The number of anilines is 2. The fraction of sp³-hybridized carbons (Fsp3) is 0.700. The van der Waals surface area contributed by atoms with Gasteiger partial charge in [-0.15, -0.1) is 11.8 Å². The molecule has 1 atom stereocenters. The summed E-state index contributed by atoms with van der Waals surface area (Å²) in [4.78, 5) is 2.56. The molecule has 1 aromatic heterocycles. The molecule has 0 spiro atoms. The van der Waals surface area contributed by atoms with Crippen LogP contribution in [0.25, 0.3) is 0 Å². The molecule has 102 valence electrons. The SMILES string of the molecule is CSc1c(N)nsc1N1CCCC(C(F)(F)F)C1. The van der Waals surface area contributed by atoms with E-state index in [-0.39, 0.29) is 13.0 Å². The van der Waals surface area contributed by atoms with Crippen LogP contribution in [0.2, 0.25) is 0 Å². The Balaban J connectivity index is 2.18. The summed E-state index contributed by atoms with van der Waals surface area (Å²) in [6.45, 7) is 0.653. The van der Waals surface area contributed by atoms with E-state index in [9.17, 15) is 13.2 Å². The molecule has 18 heavy (non-hydrogen) atoms. The molecule has 1 unspecified atom stereocenters. The second-order valence-electron chi connectivity index (χ2n) is 4.23. The van der Waals surface area contributed by atoms with E-state index in [4.69, 9.17) is 5.73 Å². The molecule has 1 aromatic rings. The van der Waals surface area contributed by atoms with Crippen LogP contribution in [-0.2, 0) is 0 Å². The maximum absolute atomic E-state index is 12.7. The lowest BCUT2D eigenvalue weighted by Crippen LogP contribution is -2.41. The molecule has 0 saturated carbocycles. The van der Waals surface area contributed by atoms with Gasteiger partial charge < -0.3 is 10.6 Å². The number of nitrogens with two attached hydrogens (primary N) is 1.